The van der Waals surface area contributed by atoms with Gasteiger partial charge in [0.25, 0.3) is 11.5 Å². The topological polar surface area (TPSA) is 80.1 Å². The average molecular weight is 456 g/mol. The van der Waals surface area contributed by atoms with Gasteiger partial charge in [0.15, 0.2) is 0 Å². The number of likely N-dealkylation sites (tertiary alicyclic amines) is 1. The smallest absolute Gasteiger partial charge is 0.274 e. The number of pyridine rings is 1. The van der Waals surface area contributed by atoms with Gasteiger partial charge in [-0.05, 0) is 54.0 Å². The summed E-state index contributed by atoms with van der Waals surface area (Å²) in [6, 6.07) is 9.13. The number of hydrogen-bond acceptors (Lipinski definition) is 5. The highest BCUT2D eigenvalue weighted by atomic mass is 79.9. The lowest BCUT2D eigenvalue weighted by molar-refractivity contribution is 0.0950. The summed E-state index contributed by atoms with van der Waals surface area (Å²) in [5, 5.41) is 8.86. The first-order chi connectivity index (χ1) is 14.1. The molecule has 150 valence electrons. The maximum Gasteiger partial charge on any atom is 0.274 e. The number of carbonyl (C=O) groups is 1. The summed E-state index contributed by atoms with van der Waals surface area (Å²) in [4.78, 5) is 31.7. The molecule has 0 aliphatic carbocycles. The van der Waals surface area contributed by atoms with Crippen LogP contribution < -0.4 is 10.9 Å². The molecule has 1 aromatic carbocycles. The van der Waals surface area contributed by atoms with Crippen LogP contribution in [0.15, 0.2) is 52.0 Å². The Kier molecular flexibility index (Phi) is 6.01. The van der Waals surface area contributed by atoms with Gasteiger partial charge in [0.2, 0.25) is 0 Å². The van der Waals surface area contributed by atoms with Crippen molar-refractivity contribution in [3.63, 3.8) is 0 Å². The number of nitrogens with one attached hydrogen (secondary N) is 1. The highest BCUT2D eigenvalue weighted by Gasteiger charge is 2.15. The number of benzene rings is 1. The van der Waals surface area contributed by atoms with E-state index in [0.717, 1.165) is 29.5 Å². The lowest BCUT2D eigenvalue weighted by atomic mass is 10.1. The van der Waals surface area contributed by atoms with Gasteiger partial charge in [-0.2, -0.15) is 5.10 Å². The van der Waals surface area contributed by atoms with E-state index in [4.69, 9.17) is 0 Å². The van der Waals surface area contributed by atoms with Gasteiger partial charge < -0.3 is 10.2 Å². The Morgan fingerprint density at radius 1 is 1.10 bits per heavy atom. The predicted octanol–water partition coefficient (Wildman–Crippen LogP) is 2.58. The Labute approximate surface area is 176 Å². The highest BCUT2D eigenvalue weighted by molar-refractivity contribution is 9.10. The molecule has 0 spiro atoms. The van der Waals surface area contributed by atoms with Crippen LogP contribution in [0, 0.1) is 0 Å². The summed E-state index contributed by atoms with van der Waals surface area (Å²) < 4.78 is 2.27. The van der Waals surface area contributed by atoms with Crippen molar-refractivity contribution in [2.45, 2.75) is 25.9 Å². The Morgan fingerprint density at radius 3 is 2.62 bits per heavy atom. The van der Waals surface area contributed by atoms with Crippen LogP contribution in [0.5, 0.6) is 0 Å². The van der Waals surface area contributed by atoms with E-state index in [0.29, 0.717) is 23.2 Å². The van der Waals surface area contributed by atoms with E-state index < -0.39 is 0 Å². The molecule has 1 fully saturated rings. The summed E-state index contributed by atoms with van der Waals surface area (Å²) in [5.41, 5.74) is 1.05. The van der Waals surface area contributed by atoms with Crippen LogP contribution in [0.2, 0.25) is 0 Å². The third-order valence-electron chi connectivity index (χ3n) is 5.15. The van der Waals surface area contributed by atoms with Crippen LogP contribution in [0.1, 0.15) is 28.9 Å². The molecule has 0 atom stereocenters. The molecular weight excluding hydrogens is 434 g/mol. The third kappa shape index (κ3) is 4.54. The van der Waals surface area contributed by atoms with Crippen LogP contribution in [0.3, 0.4) is 0 Å². The Morgan fingerprint density at radius 2 is 1.86 bits per heavy atom. The van der Waals surface area contributed by atoms with E-state index in [9.17, 15) is 9.59 Å². The van der Waals surface area contributed by atoms with Gasteiger partial charge in [-0.15, -0.1) is 0 Å². The molecule has 0 bridgehead atoms. The first-order valence-corrected chi connectivity index (χ1v) is 10.5. The molecule has 1 aliphatic rings. The monoisotopic (exact) mass is 455 g/mol. The summed E-state index contributed by atoms with van der Waals surface area (Å²) >= 11 is 3.32. The number of halogens is 1. The molecule has 1 amide bonds. The lowest BCUT2D eigenvalue weighted by Gasteiger charge is -2.16. The summed E-state index contributed by atoms with van der Waals surface area (Å²) in [5.74, 6) is -0.237. The lowest BCUT2D eigenvalue weighted by Crippen LogP contribution is -2.32. The van der Waals surface area contributed by atoms with Crippen molar-refractivity contribution in [1.82, 2.24) is 25.0 Å². The highest BCUT2D eigenvalue weighted by Crippen LogP contribution is 2.14. The minimum atomic E-state index is -0.237. The van der Waals surface area contributed by atoms with Gasteiger partial charge in [-0.25, -0.2) is 4.68 Å². The molecule has 3 aromatic rings. The fourth-order valence-corrected chi connectivity index (χ4v) is 4.00. The van der Waals surface area contributed by atoms with Gasteiger partial charge in [0.1, 0.15) is 0 Å². The Hall–Kier alpha value is -2.58. The zero-order valence-electron chi connectivity index (χ0n) is 16.0. The molecule has 0 radical (unpaired) electrons. The summed E-state index contributed by atoms with van der Waals surface area (Å²) in [7, 11) is 0. The van der Waals surface area contributed by atoms with E-state index in [1.54, 1.807) is 12.3 Å². The van der Waals surface area contributed by atoms with Gasteiger partial charge >= 0.3 is 0 Å². The number of hydrogen-bond donors (Lipinski definition) is 1. The predicted molar refractivity (Wildman–Crippen MR) is 115 cm³/mol. The van der Waals surface area contributed by atoms with Gasteiger partial charge in [-0.3, -0.25) is 14.6 Å². The van der Waals surface area contributed by atoms with Gasteiger partial charge in [-0.1, -0.05) is 18.2 Å². The molecule has 7 nitrogen and oxygen atoms in total. The third-order valence-corrected chi connectivity index (χ3v) is 5.59. The van der Waals surface area contributed by atoms with Crippen LogP contribution in [0.25, 0.3) is 10.8 Å². The van der Waals surface area contributed by atoms with Crippen molar-refractivity contribution in [1.29, 1.82) is 0 Å². The molecule has 2 aromatic heterocycles. The average Bonchev–Trinajstić information content (AvgIpc) is 3.26. The van der Waals surface area contributed by atoms with E-state index in [1.807, 2.05) is 24.3 Å². The van der Waals surface area contributed by atoms with Gasteiger partial charge in [0.05, 0.1) is 29.7 Å². The van der Waals surface area contributed by atoms with Crippen molar-refractivity contribution >= 4 is 32.6 Å². The van der Waals surface area contributed by atoms with Crippen molar-refractivity contribution < 1.29 is 4.79 Å². The molecule has 1 saturated heterocycles. The molecule has 29 heavy (non-hydrogen) atoms. The molecule has 1 aliphatic heterocycles. The second-order valence-corrected chi connectivity index (χ2v) is 8.06. The number of aromatic nitrogens is 3. The van der Waals surface area contributed by atoms with Crippen molar-refractivity contribution in [3.8, 4) is 0 Å². The summed E-state index contributed by atoms with van der Waals surface area (Å²) in [6.07, 6.45) is 5.56. The quantitative estimate of drug-likeness (QED) is 0.617. The largest absolute Gasteiger partial charge is 0.346 e. The maximum absolute atomic E-state index is 12.9. The first-order valence-electron chi connectivity index (χ1n) is 9.71. The van der Waals surface area contributed by atoms with E-state index in [-0.39, 0.29) is 18.0 Å². The zero-order chi connectivity index (χ0) is 20.2. The molecule has 3 heterocycles. The van der Waals surface area contributed by atoms with Crippen LogP contribution in [-0.4, -0.2) is 45.2 Å². The Bertz CT molecular complexity index is 1090. The van der Waals surface area contributed by atoms with Crippen LogP contribution in [-0.2, 0) is 13.1 Å². The molecule has 1 N–H and O–H groups in total. The zero-order valence-corrected chi connectivity index (χ0v) is 17.6. The molecular formula is C21H22BrN5O2. The van der Waals surface area contributed by atoms with Crippen LogP contribution in [0.4, 0.5) is 0 Å². The Balaban J connectivity index is 1.57. The molecule has 4 rings (SSSR count). The number of nitrogens with zero attached hydrogens (tertiary/aromatic N) is 4. The number of fused-ring (bicyclic) bond motifs is 1. The van der Waals surface area contributed by atoms with E-state index in [2.05, 4.69) is 36.2 Å². The number of carbonyl (C=O) groups excluding carboxylic acids is 1. The second-order valence-electron chi connectivity index (χ2n) is 7.14. The van der Waals surface area contributed by atoms with Gasteiger partial charge in [0, 0.05) is 28.8 Å². The standard InChI is InChI=1S/C21H22BrN5O2/c22-16-11-15(12-23-13-16)20(28)24-14-19-17-5-1-2-6-18(17)21(29)27(25-19)10-9-26-7-3-4-8-26/h1-2,5-6,11-13H,3-4,7-10,14H2,(H,24,28). The molecule has 0 unspecified atom stereocenters. The van der Waals surface area contributed by atoms with Crippen molar-refractivity contribution in [2.24, 2.45) is 0 Å². The molecule has 8 heteroatoms. The van der Waals surface area contributed by atoms with E-state index in [1.165, 1.54) is 23.7 Å². The molecule has 0 saturated carbocycles. The SMILES string of the molecule is O=C(NCc1nn(CCN2CCCC2)c(=O)c2ccccc12)c1cncc(Br)c1. The fourth-order valence-electron chi connectivity index (χ4n) is 3.63. The van der Waals surface area contributed by atoms with Crippen LogP contribution >= 0.6 is 15.9 Å². The number of rotatable bonds is 6. The van der Waals surface area contributed by atoms with Crippen molar-refractivity contribution in [2.75, 3.05) is 19.6 Å². The van der Waals surface area contributed by atoms with Crippen molar-refractivity contribution in [3.05, 3.63) is 68.8 Å². The fraction of sp³-hybridized carbons (Fsp3) is 0.333. The second kappa shape index (κ2) is 8.84. The summed E-state index contributed by atoms with van der Waals surface area (Å²) in [6.45, 7) is 3.73. The first kappa shape index (κ1) is 19.7. The minimum Gasteiger partial charge on any atom is -0.346 e. The maximum atomic E-state index is 12.9. The normalized spacial score (nSPS) is 14.4. The number of amides is 1. The minimum absolute atomic E-state index is 0.0916. The van der Waals surface area contributed by atoms with E-state index >= 15 is 0 Å².